The van der Waals surface area contributed by atoms with Crippen LogP contribution >= 0.6 is 23.1 Å². The van der Waals surface area contributed by atoms with Crippen molar-refractivity contribution in [2.45, 2.75) is 32.4 Å². The van der Waals surface area contributed by atoms with Crippen molar-refractivity contribution in [1.82, 2.24) is 5.32 Å². The molecule has 1 aromatic heterocycles. The maximum absolute atomic E-state index is 5.59. The van der Waals surface area contributed by atoms with Crippen LogP contribution in [0.1, 0.15) is 23.3 Å². The SMILES string of the molecule is Cc1ccsc1CNCCSCC1CCCO1. The third kappa shape index (κ3) is 4.62. The summed E-state index contributed by atoms with van der Waals surface area (Å²) in [6.07, 6.45) is 3.04. The number of rotatable bonds is 7. The largest absolute Gasteiger partial charge is 0.377 e. The minimum atomic E-state index is 0.527. The van der Waals surface area contributed by atoms with E-state index in [0.29, 0.717) is 6.10 Å². The molecule has 0 aliphatic carbocycles. The highest BCUT2D eigenvalue weighted by Gasteiger charge is 2.14. The van der Waals surface area contributed by atoms with Crippen molar-refractivity contribution < 1.29 is 4.74 Å². The Hall–Kier alpha value is -0.0300. The summed E-state index contributed by atoms with van der Waals surface area (Å²) in [7, 11) is 0. The van der Waals surface area contributed by atoms with Crippen molar-refractivity contribution in [1.29, 1.82) is 0 Å². The summed E-state index contributed by atoms with van der Waals surface area (Å²) >= 11 is 3.85. The van der Waals surface area contributed by atoms with E-state index in [2.05, 4.69) is 23.7 Å². The van der Waals surface area contributed by atoms with Gasteiger partial charge >= 0.3 is 0 Å². The van der Waals surface area contributed by atoms with Crippen LogP contribution in [-0.2, 0) is 11.3 Å². The number of ether oxygens (including phenoxy) is 1. The summed E-state index contributed by atoms with van der Waals surface area (Å²) in [6, 6.07) is 2.19. The molecule has 4 heteroatoms. The van der Waals surface area contributed by atoms with Gasteiger partial charge in [-0.3, -0.25) is 0 Å². The van der Waals surface area contributed by atoms with Crippen molar-refractivity contribution in [2.75, 3.05) is 24.7 Å². The zero-order valence-corrected chi connectivity index (χ0v) is 12.0. The van der Waals surface area contributed by atoms with Crippen LogP contribution in [0.2, 0.25) is 0 Å². The number of hydrogen-bond acceptors (Lipinski definition) is 4. The summed E-state index contributed by atoms with van der Waals surface area (Å²) in [5, 5.41) is 5.67. The summed E-state index contributed by atoms with van der Waals surface area (Å²) in [4.78, 5) is 1.47. The molecule has 1 aliphatic heterocycles. The zero-order chi connectivity index (χ0) is 11.9. The van der Waals surface area contributed by atoms with Gasteiger partial charge in [0.05, 0.1) is 6.10 Å². The molecule has 17 heavy (non-hydrogen) atoms. The summed E-state index contributed by atoms with van der Waals surface area (Å²) in [5.74, 6) is 2.35. The standard InChI is InChI=1S/C13H21NOS2/c1-11-4-7-17-13(11)9-14-5-8-16-10-12-3-2-6-15-12/h4,7,12,14H,2-3,5-6,8-10H2,1H3. The van der Waals surface area contributed by atoms with E-state index in [-0.39, 0.29) is 0 Å². The lowest BCUT2D eigenvalue weighted by molar-refractivity contribution is 0.129. The van der Waals surface area contributed by atoms with Crippen molar-refractivity contribution >= 4 is 23.1 Å². The van der Waals surface area contributed by atoms with Gasteiger partial charge < -0.3 is 10.1 Å². The van der Waals surface area contributed by atoms with Crippen molar-refractivity contribution in [3.8, 4) is 0 Å². The quantitative estimate of drug-likeness (QED) is 0.770. The van der Waals surface area contributed by atoms with Crippen LogP contribution < -0.4 is 5.32 Å². The molecule has 1 N–H and O–H groups in total. The molecule has 1 aromatic rings. The lowest BCUT2D eigenvalue weighted by Gasteiger charge is -2.09. The Morgan fingerprint density at radius 2 is 2.53 bits per heavy atom. The summed E-state index contributed by atoms with van der Waals surface area (Å²) < 4.78 is 5.59. The molecule has 1 fully saturated rings. The first kappa shape index (κ1) is 13.4. The Bertz CT molecular complexity index is 321. The van der Waals surface area contributed by atoms with E-state index < -0.39 is 0 Å². The predicted molar refractivity (Wildman–Crippen MR) is 77.1 cm³/mol. The van der Waals surface area contributed by atoms with Crippen molar-refractivity contribution in [3.05, 3.63) is 21.9 Å². The molecule has 0 bridgehead atoms. The molecular formula is C13H21NOS2. The predicted octanol–water partition coefficient (Wildman–Crippen LogP) is 3.06. The van der Waals surface area contributed by atoms with Crippen molar-refractivity contribution in [2.24, 2.45) is 0 Å². The van der Waals surface area contributed by atoms with Gasteiger partial charge in [0.15, 0.2) is 0 Å². The Balaban J connectivity index is 1.47. The second-order valence-electron chi connectivity index (χ2n) is 4.41. The fraction of sp³-hybridized carbons (Fsp3) is 0.692. The molecule has 2 heterocycles. The third-order valence-corrected chi connectivity index (χ3v) is 5.13. The molecule has 0 radical (unpaired) electrons. The second-order valence-corrected chi connectivity index (χ2v) is 6.56. The van der Waals surface area contributed by atoms with E-state index in [1.165, 1.54) is 34.8 Å². The van der Waals surface area contributed by atoms with Gasteiger partial charge in [-0.2, -0.15) is 11.8 Å². The molecule has 1 atom stereocenters. The zero-order valence-electron chi connectivity index (χ0n) is 10.4. The van der Waals surface area contributed by atoms with Crippen LogP contribution in [-0.4, -0.2) is 30.8 Å². The summed E-state index contributed by atoms with van der Waals surface area (Å²) in [6.45, 7) is 5.26. The van der Waals surface area contributed by atoms with Gasteiger partial charge in [-0.05, 0) is 36.8 Å². The van der Waals surface area contributed by atoms with Crippen LogP contribution in [0.25, 0.3) is 0 Å². The molecule has 0 saturated carbocycles. The first-order valence-electron chi connectivity index (χ1n) is 6.29. The smallest absolute Gasteiger partial charge is 0.0666 e. The highest BCUT2D eigenvalue weighted by molar-refractivity contribution is 7.99. The number of thioether (sulfide) groups is 1. The third-order valence-electron chi connectivity index (χ3n) is 3.00. The molecule has 0 amide bonds. The fourth-order valence-corrected chi connectivity index (χ4v) is 3.78. The topological polar surface area (TPSA) is 21.3 Å². The van der Waals surface area contributed by atoms with E-state index in [0.717, 1.165) is 19.7 Å². The first-order valence-corrected chi connectivity index (χ1v) is 8.33. The fourth-order valence-electron chi connectivity index (χ4n) is 1.92. The van der Waals surface area contributed by atoms with E-state index in [1.54, 1.807) is 0 Å². The lowest BCUT2D eigenvalue weighted by atomic mass is 10.3. The normalized spacial score (nSPS) is 19.9. The van der Waals surface area contributed by atoms with E-state index in [9.17, 15) is 0 Å². The molecular weight excluding hydrogens is 250 g/mol. The van der Waals surface area contributed by atoms with Gasteiger partial charge in [-0.15, -0.1) is 11.3 Å². The average molecular weight is 271 g/mol. The number of nitrogens with one attached hydrogen (secondary N) is 1. The number of thiophene rings is 1. The molecule has 96 valence electrons. The summed E-state index contributed by atoms with van der Waals surface area (Å²) in [5.41, 5.74) is 1.41. The molecule has 2 rings (SSSR count). The molecule has 0 spiro atoms. The molecule has 1 saturated heterocycles. The Morgan fingerprint density at radius 1 is 1.59 bits per heavy atom. The van der Waals surface area contributed by atoms with Gasteiger partial charge in [0.25, 0.3) is 0 Å². The maximum atomic E-state index is 5.59. The first-order chi connectivity index (χ1) is 8.36. The minimum Gasteiger partial charge on any atom is -0.377 e. The Labute approximate surface area is 112 Å². The number of hydrogen-bond donors (Lipinski definition) is 1. The van der Waals surface area contributed by atoms with E-state index in [4.69, 9.17) is 4.74 Å². The van der Waals surface area contributed by atoms with Crippen molar-refractivity contribution in [3.63, 3.8) is 0 Å². The Morgan fingerprint density at radius 3 is 3.24 bits per heavy atom. The molecule has 0 aromatic carbocycles. The van der Waals surface area contributed by atoms with Crippen LogP contribution in [0.3, 0.4) is 0 Å². The Kier molecular flexibility index (Phi) is 5.85. The maximum Gasteiger partial charge on any atom is 0.0666 e. The van der Waals surface area contributed by atoms with Crippen LogP contribution in [0, 0.1) is 6.92 Å². The monoisotopic (exact) mass is 271 g/mol. The van der Waals surface area contributed by atoms with Crippen LogP contribution in [0.4, 0.5) is 0 Å². The highest BCUT2D eigenvalue weighted by atomic mass is 32.2. The minimum absolute atomic E-state index is 0.527. The van der Waals surface area contributed by atoms with Gasteiger partial charge in [0.2, 0.25) is 0 Å². The molecule has 1 aliphatic rings. The van der Waals surface area contributed by atoms with Gasteiger partial charge in [0.1, 0.15) is 0 Å². The second kappa shape index (κ2) is 7.41. The lowest BCUT2D eigenvalue weighted by Crippen LogP contribution is -2.17. The van der Waals surface area contributed by atoms with E-state index >= 15 is 0 Å². The highest BCUT2D eigenvalue weighted by Crippen LogP contribution is 2.17. The van der Waals surface area contributed by atoms with Crippen LogP contribution in [0.5, 0.6) is 0 Å². The van der Waals surface area contributed by atoms with Gasteiger partial charge in [0, 0.05) is 36.1 Å². The van der Waals surface area contributed by atoms with Gasteiger partial charge in [-0.25, -0.2) is 0 Å². The van der Waals surface area contributed by atoms with Crippen LogP contribution in [0.15, 0.2) is 11.4 Å². The van der Waals surface area contributed by atoms with Gasteiger partial charge in [-0.1, -0.05) is 0 Å². The number of aryl methyl sites for hydroxylation is 1. The van der Waals surface area contributed by atoms with E-state index in [1.807, 2.05) is 23.1 Å². The molecule has 1 unspecified atom stereocenters. The average Bonchev–Trinajstić information content (AvgIpc) is 2.95. The molecule has 2 nitrogen and oxygen atoms in total.